The van der Waals surface area contributed by atoms with Gasteiger partial charge in [-0.3, -0.25) is 4.31 Å². The van der Waals surface area contributed by atoms with E-state index >= 15 is 0 Å². The third-order valence-electron chi connectivity index (χ3n) is 3.42. The molecule has 0 spiro atoms. The van der Waals surface area contributed by atoms with Crippen molar-refractivity contribution in [1.82, 2.24) is 5.32 Å². The monoisotopic (exact) mass is 298 g/mol. The summed E-state index contributed by atoms with van der Waals surface area (Å²) in [4.78, 5) is 0. The highest BCUT2D eigenvalue weighted by molar-refractivity contribution is 7.92. The Morgan fingerprint density at radius 3 is 2.80 bits per heavy atom. The van der Waals surface area contributed by atoms with Gasteiger partial charge in [0.05, 0.1) is 18.6 Å². The van der Waals surface area contributed by atoms with Gasteiger partial charge in [0, 0.05) is 19.2 Å². The fourth-order valence-electron chi connectivity index (χ4n) is 1.95. The van der Waals surface area contributed by atoms with Crippen LogP contribution in [0.25, 0.3) is 0 Å². The number of nitrogens with zero attached hydrogens (tertiary/aromatic N) is 1. The molecule has 1 aliphatic rings. The van der Waals surface area contributed by atoms with Gasteiger partial charge in [0.15, 0.2) is 0 Å². The van der Waals surface area contributed by atoms with E-state index in [-0.39, 0.29) is 5.75 Å². The number of hydrogen-bond acceptors (Lipinski definition) is 4. The van der Waals surface area contributed by atoms with Crippen LogP contribution < -0.4 is 14.4 Å². The van der Waals surface area contributed by atoms with Gasteiger partial charge in [-0.2, -0.15) is 0 Å². The van der Waals surface area contributed by atoms with Crippen molar-refractivity contribution in [2.24, 2.45) is 0 Å². The minimum absolute atomic E-state index is 0.153. The molecule has 112 valence electrons. The Hall–Kier alpha value is -1.27. The number of benzene rings is 1. The topological polar surface area (TPSA) is 58.6 Å². The van der Waals surface area contributed by atoms with E-state index in [0.29, 0.717) is 23.9 Å². The first-order chi connectivity index (χ1) is 9.53. The van der Waals surface area contributed by atoms with E-state index in [0.717, 1.165) is 6.54 Å². The molecule has 2 rings (SSSR count). The van der Waals surface area contributed by atoms with Crippen molar-refractivity contribution >= 4 is 15.7 Å². The number of methoxy groups -OCH3 is 1. The van der Waals surface area contributed by atoms with Crippen LogP contribution in [0.3, 0.4) is 0 Å². The molecule has 0 unspecified atom stereocenters. The highest BCUT2D eigenvalue weighted by atomic mass is 32.2. The maximum atomic E-state index is 12.2. The molecule has 1 N–H and O–H groups in total. The zero-order chi connectivity index (χ0) is 14.6. The molecule has 1 aromatic carbocycles. The number of rotatable bonds is 8. The number of sulfonamides is 1. The van der Waals surface area contributed by atoms with E-state index in [1.165, 1.54) is 17.1 Å². The number of anilines is 1. The molecule has 6 heteroatoms. The highest BCUT2D eigenvalue weighted by Gasteiger charge is 2.21. The average Bonchev–Trinajstić information content (AvgIpc) is 3.27. The molecule has 0 radical (unpaired) electrons. The quantitative estimate of drug-likeness (QED) is 0.741. The van der Waals surface area contributed by atoms with Gasteiger partial charge < -0.3 is 10.1 Å². The molecule has 0 atom stereocenters. The molecule has 1 aromatic rings. The average molecular weight is 298 g/mol. The first kappa shape index (κ1) is 15.1. The predicted molar refractivity (Wildman–Crippen MR) is 80.8 cm³/mol. The predicted octanol–water partition coefficient (Wildman–Crippen LogP) is 1.60. The van der Waals surface area contributed by atoms with Gasteiger partial charge in [-0.25, -0.2) is 8.42 Å². The van der Waals surface area contributed by atoms with Crippen molar-refractivity contribution in [2.75, 3.05) is 30.8 Å². The van der Waals surface area contributed by atoms with E-state index < -0.39 is 10.0 Å². The number of nitrogens with one attached hydrogen (secondary N) is 1. The Labute approximate surface area is 121 Å². The molecular formula is C14H22N2O3S. The zero-order valence-corrected chi connectivity index (χ0v) is 12.8. The van der Waals surface area contributed by atoms with Crippen molar-refractivity contribution in [3.05, 3.63) is 24.3 Å². The summed E-state index contributed by atoms with van der Waals surface area (Å²) in [6, 6.07) is 7.69. The lowest BCUT2D eigenvalue weighted by atomic mass is 10.3. The first-order valence-electron chi connectivity index (χ1n) is 6.87. The van der Waals surface area contributed by atoms with Crippen LogP contribution in [-0.2, 0) is 10.0 Å². The SMILES string of the molecule is COc1cccc(N(C)S(=O)(=O)CCCNC2CC2)c1. The highest BCUT2D eigenvalue weighted by Crippen LogP contribution is 2.22. The van der Waals surface area contributed by atoms with Crippen molar-refractivity contribution in [1.29, 1.82) is 0 Å². The Kier molecular flexibility index (Phi) is 4.88. The summed E-state index contributed by atoms with van der Waals surface area (Å²) >= 11 is 0. The van der Waals surface area contributed by atoms with E-state index in [9.17, 15) is 8.42 Å². The molecule has 20 heavy (non-hydrogen) atoms. The van der Waals surface area contributed by atoms with E-state index in [1.807, 2.05) is 0 Å². The second-order valence-corrected chi connectivity index (χ2v) is 7.19. The van der Waals surface area contributed by atoms with Crippen LogP contribution >= 0.6 is 0 Å². The molecule has 0 saturated heterocycles. The van der Waals surface area contributed by atoms with Crippen LogP contribution in [0, 0.1) is 0 Å². The Bertz CT molecular complexity index is 541. The minimum Gasteiger partial charge on any atom is -0.497 e. The van der Waals surface area contributed by atoms with Crippen molar-refractivity contribution in [3.8, 4) is 5.75 Å². The van der Waals surface area contributed by atoms with Gasteiger partial charge >= 0.3 is 0 Å². The van der Waals surface area contributed by atoms with E-state index in [2.05, 4.69) is 5.32 Å². The molecule has 1 fully saturated rings. The fourth-order valence-corrected chi connectivity index (χ4v) is 3.17. The van der Waals surface area contributed by atoms with Gasteiger partial charge in [0.25, 0.3) is 0 Å². The lowest BCUT2D eigenvalue weighted by molar-refractivity contribution is 0.415. The van der Waals surface area contributed by atoms with Crippen LogP contribution in [0.1, 0.15) is 19.3 Å². The molecule has 1 aliphatic carbocycles. The van der Waals surface area contributed by atoms with Crippen molar-refractivity contribution < 1.29 is 13.2 Å². The van der Waals surface area contributed by atoms with E-state index in [1.54, 1.807) is 38.4 Å². The third kappa shape index (κ3) is 4.11. The summed E-state index contributed by atoms with van der Waals surface area (Å²) in [6.45, 7) is 0.760. The summed E-state index contributed by atoms with van der Waals surface area (Å²) in [5, 5.41) is 3.32. The van der Waals surface area contributed by atoms with Crippen molar-refractivity contribution in [3.63, 3.8) is 0 Å². The molecule has 0 aromatic heterocycles. The van der Waals surface area contributed by atoms with Crippen LogP contribution in [0.4, 0.5) is 5.69 Å². The standard InChI is InChI=1S/C14H22N2O3S/c1-16(13-5-3-6-14(11-13)19-2)20(17,18)10-4-9-15-12-7-8-12/h3,5-6,11-12,15H,4,7-10H2,1-2H3. The van der Waals surface area contributed by atoms with Gasteiger partial charge in [-0.1, -0.05) is 6.07 Å². The van der Waals surface area contributed by atoms with Crippen LogP contribution in [0.5, 0.6) is 5.75 Å². The lowest BCUT2D eigenvalue weighted by Crippen LogP contribution is -2.30. The van der Waals surface area contributed by atoms with Crippen LogP contribution in [-0.4, -0.2) is 40.9 Å². The first-order valence-corrected chi connectivity index (χ1v) is 8.48. The molecule has 5 nitrogen and oxygen atoms in total. The normalized spacial score (nSPS) is 15.1. The molecular weight excluding hydrogens is 276 g/mol. The van der Waals surface area contributed by atoms with Gasteiger partial charge in [-0.05, 0) is 37.9 Å². The Morgan fingerprint density at radius 2 is 2.15 bits per heavy atom. The summed E-state index contributed by atoms with van der Waals surface area (Å²) < 4.78 is 30.9. The smallest absolute Gasteiger partial charge is 0.234 e. The summed E-state index contributed by atoms with van der Waals surface area (Å²) in [6.07, 6.45) is 3.07. The third-order valence-corrected chi connectivity index (χ3v) is 5.27. The lowest BCUT2D eigenvalue weighted by Gasteiger charge is -2.20. The second kappa shape index (κ2) is 6.45. The fraction of sp³-hybridized carbons (Fsp3) is 0.571. The maximum Gasteiger partial charge on any atom is 0.234 e. The molecule has 0 bridgehead atoms. The van der Waals surface area contributed by atoms with Crippen LogP contribution in [0.2, 0.25) is 0 Å². The second-order valence-electron chi connectivity index (χ2n) is 5.07. The van der Waals surface area contributed by atoms with Gasteiger partial charge in [0.1, 0.15) is 5.75 Å². The van der Waals surface area contributed by atoms with Crippen molar-refractivity contribution in [2.45, 2.75) is 25.3 Å². The maximum absolute atomic E-state index is 12.2. The minimum atomic E-state index is -3.28. The molecule has 0 heterocycles. The van der Waals surface area contributed by atoms with Crippen LogP contribution in [0.15, 0.2) is 24.3 Å². The molecule has 1 saturated carbocycles. The zero-order valence-electron chi connectivity index (χ0n) is 12.0. The molecule has 0 aliphatic heterocycles. The van der Waals surface area contributed by atoms with Gasteiger partial charge in [0.2, 0.25) is 10.0 Å². The Morgan fingerprint density at radius 1 is 1.40 bits per heavy atom. The largest absolute Gasteiger partial charge is 0.497 e. The summed E-state index contributed by atoms with van der Waals surface area (Å²) in [5.41, 5.74) is 0.625. The Balaban J connectivity index is 1.92. The number of ether oxygens (including phenoxy) is 1. The number of hydrogen-bond donors (Lipinski definition) is 1. The van der Waals surface area contributed by atoms with E-state index in [4.69, 9.17) is 4.74 Å². The summed E-state index contributed by atoms with van der Waals surface area (Å²) in [5.74, 6) is 0.806. The van der Waals surface area contributed by atoms with Gasteiger partial charge in [-0.15, -0.1) is 0 Å². The molecule has 0 amide bonds. The summed E-state index contributed by atoms with van der Waals surface area (Å²) in [7, 11) is -0.130.